The normalized spacial score (nSPS) is 10.2. The van der Waals surface area contributed by atoms with Crippen molar-refractivity contribution in [2.45, 2.75) is 0 Å². The summed E-state index contributed by atoms with van der Waals surface area (Å²) in [6.45, 7) is 0. The summed E-state index contributed by atoms with van der Waals surface area (Å²) in [5.74, 6) is -1.53. The van der Waals surface area contributed by atoms with Gasteiger partial charge < -0.3 is 15.4 Å². The molecule has 0 aliphatic rings. The van der Waals surface area contributed by atoms with Crippen molar-refractivity contribution >= 4 is 17.7 Å². The van der Waals surface area contributed by atoms with E-state index in [0.717, 1.165) is 6.33 Å². The summed E-state index contributed by atoms with van der Waals surface area (Å²) in [7, 11) is 1.70. The number of aryl methyl sites for hydroxylation is 1. The molecule has 8 nitrogen and oxygen atoms in total. The highest BCUT2D eigenvalue weighted by atomic mass is 16.4. The van der Waals surface area contributed by atoms with Crippen LogP contribution in [0, 0.1) is 0 Å². The summed E-state index contributed by atoms with van der Waals surface area (Å²) in [5.41, 5.74) is -0.429. The number of hydrogen-bond acceptors (Lipinski definition) is 4. The second-order valence-corrected chi connectivity index (χ2v) is 3.26. The average molecular weight is 235 g/mol. The Morgan fingerprint density at radius 1 is 1.53 bits per heavy atom. The molecule has 0 atom stereocenters. The van der Waals surface area contributed by atoms with E-state index in [2.05, 4.69) is 20.4 Å². The van der Waals surface area contributed by atoms with Gasteiger partial charge in [0.2, 0.25) is 0 Å². The molecule has 8 heteroatoms. The molecule has 0 bridgehead atoms. The van der Waals surface area contributed by atoms with Crippen LogP contribution in [-0.4, -0.2) is 36.7 Å². The number of rotatable bonds is 3. The second-order valence-electron chi connectivity index (χ2n) is 3.26. The van der Waals surface area contributed by atoms with Gasteiger partial charge in [0, 0.05) is 19.3 Å². The van der Waals surface area contributed by atoms with Crippen molar-refractivity contribution in [3.05, 3.63) is 30.0 Å². The number of nitrogens with one attached hydrogen (secondary N) is 2. The van der Waals surface area contributed by atoms with Crippen LogP contribution in [0.25, 0.3) is 0 Å². The van der Waals surface area contributed by atoms with Gasteiger partial charge in [0.25, 0.3) is 5.91 Å². The standard InChI is InChI=1S/C9H9N5O3/c1-14-3-2-5(13-14)12-8(15)6-7(9(16)17)11-4-10-6/h2-4H,1H3,(H,10,11)(H,16,17)(H,12,13,15). The summed E-state index contributed by atoms with van der Waals surface area (Å²) < 4.78 is 1.51. The fourth-order valence-electron chi connectivity index (χ4n) is 1.29. The number of carboxylic acids is 1. The van der Waals surface area contributed by atoms with Crippen LogP contribution in [0.2, 0.25) is 0 Å². The fraction of sp³-hybridized carbons (Fsp3) is 0.111. The largest absolute Gasteiger partial charge is 0.477 e. The molecule has 0 fully saturated rings. The molecule has 88 valence electrons. The zero-order valence-electron chi connectivity index (χ0n) is 8.84. The lowest BCUT2D eigenvalue weighted by molar-refractivity contribution is 0.0686. The van der Waals surface area contributed by atoms with Crippen LogP contribution in [-0.2, 0) is 7.05 Å². The van der Waals surface area contributed by atoms with Crippen molar-refractivity contribution in [3.63, 3.8) is 0 Å². The molecule has 0 radical (unpaired) electrons. The molecule has 0 saturated heterocycles. The molecule has 0 unspecified atom stereocenters. The maximum Gasteiger partial charge on any atom is 0.354 e. The Morgan fingerprint density at radius 3 is 2.88 bits per heavy atom. The van der Waals surface area contributed by atoms with E-state index in [1.54, 1.807) is 19.3 Å². The van der Waals surface area contributed by atoms with Gasteiger partial charge in [-0.25, -0.2) is 9.78 Å². The zero-order chi connectivity index (χ0) is 12.4. The topological polar surface area (TPSA) is 113 Å². The van der Waals surface area contributed by atoms with Crippen molar-refractivity contribution in [1.29, 1.82) is 0 Å². The Labute approximate surface area is 95.3 Å². The third-order valence-corrected chi connectivity index (χ3v) is 2.02. The quantitative estimate of drug-likeness (QED) is 0.698. The van der Waals surface area contributed by atoms with E-state index in [0.29, 0.717) is 5.82 Å². The first-order valence-corrected chi connectivity index (χ1v) is 4.65. The highest BCUT2D eigenvalue weighted by molar-refractivity contribution is 6.08. The number of aromatic nitrogens is 4. The summed E-state index contributed by atoms with van der Waals surface area (Å²) in [6.07, 6.45) is 2.80. The lowest BCUT2D eigenvalue weighted by Crippen LogP contribution is -2.17. The highest BCUT2D eigenvalue weighted by Gasteiger charge is 2.20. The molecular weight excluding hydrogens is 226 g/mol. The summed E-state index contributed by atoms with van der Waals surface area (Å²) in [5, 5.41) is 15.2. The number of imidazole rings is 1. The Kier molecular flexibility index (Phi) is 2.61. The van der Waals surface area contributed by atoms with E-state index in [1.165, 1.54) is 4.68 Å². The molecule has 0 spiro atoms. The highest BCUT2D eigenvalue weighted by Crippen LogP contribution is 2.07. The van der Waals surface area contributed by atoms with E-state index in [-0.39, 0.29) is 11.4 Å². The summed E-state index contributed by atoms with van der Waals surface area (Å²) in [6, 6.07) is 1.59. The first-order chi connectivity index (χ1) is 8.08. The molecule has 2 aromatic rings. The van der Waals surface area contributed by atoms with Gasteiger partial charge in [-0.3, -0.25) is 9.48 Å². The van der Waals surface area contributed by atoms with Crippen LogP contribution in [0.3, 0.4) is 0 Å². The molecule has 1 amide bonds. The van der Waals surface area contributed by atoms with Crippen LogP contribution >= 0.6 is 0 Å². The summed E-state index contributed by atoms with van der Waals surface area (Å²) >= 11 is 0. The predicted molar refractivity (Wildman–Crippen MR) is 56.7 cm³/mol. The number of carboxylic acid groups (broad SMARTS) is 1. The Morgan fingerprint density at radius 2 is 2.29 bits per heavy atom. The molecule has 3 N–H and O–H groups in total. The Balaban J connectivity index is 2.20. The summed E-state index contributed by atoms with van der Waals surface area (Å²) in [4.78, 5) is 28.5. The molecular formula is C9H9N5O3. The van der Waals surface area contributed by atoms with E-state index < -0.39 is 11.9 Å². The van der Waals surface area contributed by atoms with Gasteiger partial charge in [-0.2, -0.15) is 5.10 Å². The van der Waals surface area contributed by atoms with Crippen molar-refractivity contribution in [2.24, 2.45) is 7.05 Å². The van der Waals surface area contributed by atoms with Crippen LogP contribution in [0.15, 0.2) is 18.6 Å². The number of carbonyl (C=O) groups excluding carboxylic acids is 1. The number of hydrogen-bond donors (Lipinski definition) is 3. The van der Waals surface area contributed by atoms with Crippen molar-refractivity contribution in [1.82, 2.24) is 19.7 Å². The van der Waals surface area contributed by atoms with Gasteiger partial charge in [0.15, 0.2) is 17.2 Å². The van der Waals surface area contributed by atoms with E-state index >= 15 is 0 Å². The number of aromatic amines is 1. The number of H-pyrrole nitrogens is 1. The van der Waals surface area contributed by atoms with Gasteiger partial charge >= 0.3 is 5.97 Å². The van der Waals surface area contributed by atoms with E-state index in [4.69, 9.17) is 5.11 Å². The van der Waals surface area contributed by atoms with Crippen molar-refractivity contribution in [3.8, 4) is 0 Å². The minimum absolute atomic E-state index is 0.178. The number of carbonyl (C=O) groups is 2. The van der Waals surface area contributed by atoms with Gasteiger partial charge in [0.05, 0.1) is 6.33 Å². The van der Waals surface area contributed by atoms with Crippen LogP contribution in [0.4, 0.5) is 5.82 Å². The van der Waals surface area contributed by atoms with Crippen LogP contribution in [0.5, 0.6) is 0 Å². The maximum absolute atomic E-state index is 11.7. The number of aromatic carboxylic acids is 1. The zero-order valence-corrected chi connectivity index (χ0v) is 8.84. The third kappa shape index (κ3) is 2.14. The molecule has 2 heterocycles. The molecule has 2 rings (SSSR count). The average Bonchev–Trinajstić information content (AvgIpc) is 2.86. The molecule has 0 saturated carbocycles. The molecule has 0 aliphatic heterocycles. The second kappa shape index (κ2) is 4.08. The van der Waals surface area contributed by atoms with Crippen molar-refractivity contribution in [2.75, 3.05) is 5.32 Å². The first-order valence-electron chi connectivity index (χ1n) is 4.65. The van der Waals surface area contributed by atoms with E-state index in [9.17, 15) is 9.59 Å². The minimum atomic E-state index is -1.24. The van der Waals surface area contributed by atoms with Gasteiger partial charge in [-0.1, -0.05) is 0 Å². The molecule has 0 aliphatic carbocycles. The molecule has 0 aromatic carbocycles. The minimum Gasteiger partial charge on any atom is -0.477 e. The SMILES string of the molecule is Cn1ccc(NC(=O)c2nc[nH]c2C(=O)O)n1. The van der Waals surface area contributed by atoms with Gasteiger partial charge in [0.1, 0.15) is 0 Å². The Hall–Kier alpha value is -2.64. The van der Waals surface area contributed by atoms with Gasteiger partial charge in [-0.15, -0.1) is 0 Å². The monoisotopic (exact) mass is 235 g/mol. The van der Waals surface area contributed by atoms with Crippen LogP contribution in [0.1, 0.15) is 21.0 Å². The number of anilines is 1. The fourth-order valence-corrected chi connectivity index (χ4v) is 1.29. The maximum atomic E-state index is 11.7. The van der Waals surface area contributed by atoms with E-state index in [1.807, 2.05) is 0 Å². The van der Waals surface area contributed by atoms with Crippen LogP contribution < -0.4 is 5.32 Å². The third-order valence-electron chi connectivity index (χ3n) is 2.02. The molecule has 2 aromatic heterocycles. The molecule has 17 heavy (non-hydrogen) atoms. The predicted octanol–water partition coefficient (Wildman–Crippen LogP) is 0.0937. The number of nitrogens with zero attached hydrogens (tertiary/aromatic N) is 3. The lowest BCUT2D eigenvalue weighted by atomic mass is 10.3. The van der Waals surface area contributed by atoms with Gasteiger partial charge in [-0.05, 0) is 0 Å². The Bertz CT molecular complexity index is 571. The first kappa shape index (κ1) is 10.9. The van der Waals surface area contributed by atoms with Crippen molar-refractivity contribution < 1.29 is 14.7 Å². The smallest absolute Gasteiger partial charge is 0.354 e. The number of amides is 1. The lowest BCUT2D eigenvalue weighted by Gasteiger charge is -1.99.